The van der Waals surface area contributed by atoms with Crippen molar-refractivity contribution in [3.63, 3.8) is 0 Å². The van der Waals surface area contributed by atoms with E-state index in [0.29, 0.717) is 27.5 Å². The van der Waals surface area contributed by atoms with Crippen LogP contribution in [0.1, 0.15) is 5.56 Å². The molecule has 2 aromatic rings. The van der Waals surface area contributed by atoms with Crippen molar-refractivity contribution < 1.29 is 9.57 Å². The van der Waals surface area contributed by atoms with Gasteiger partial charge in [0.05, 0.1) is 23.7 Å². The summed E-state index contributed by atoms with van der Waals surface area (Å²) in [6.45, 7) is 0. The van der Waals surface area contributed by atoms with Crippen molar-refractivity contribution in [3.8, 4) is 5.75 Å². The Morgan fingerprint density at radius 2 is 2.00 bits per heavy atom. The molecule has 0 saturated heterocycles. The number of nitrogens with one attached hydrogen (secondary N) is 2. The van der Waals surface area contributed by atoms with Gasteiger partial charge in [-0.1, -0.05) is 23.2 Å². The number of hydroxylamine groups is 1. The smallest absolute Gasteiger partial charge is 0.255 e. The van der Waals surface area contributed by atoms with Crippen LogP contribution in [0.4, 0.5) is 5.69 Å². The zero-order valence-corrected chi connectivity index (χ0v) is 14.0. The van der Waals surface area contributed by atoms with Crippen LogP contribution in [0, 0.1) is 0 Å². The minimum absolute atomic E-state index is 0.332. The molecule has 0 spiro atoms. The molecule has 1 aliphatic heterocycles. The number of hydrogen-bond donors (Lipinski definition) is 2. The second kappa shape index (κ2) is 7.27. The molecule has 6 nitrogen and oxygen atoms in total. The highest BCUT2D eigenvalue weighted by Gasteiger charge is 2.14. The fraction of sp³-hybridized carbons (Fsp3) is 0.0625. The van der Waals surface area contributed by atoms with Crippen LogP contribution in [0.15, 0.2) is 58.4 Å². The van der Waals surface area contributed by atoms with Crippen molar-refractivity contribution in [2.75, 3.05) is 12.5 Å². The molecule has 3 rings (SSSR count). The molecule has 0 saturated carbocycles. The van der Waals surface area contributed by atoms with Gasteiger partial charge in [-0.2, -0.15) is 10.5 Å². The number of halogens is 2. The van der Waals surface area contributed by atoms with Gasteiger partial charge in [-0.3, -0.25) is 5.43 Å². The standard InChI is InChI=1S/C16H12Cl2N4O2/c1-23-12-5-2-10(3-6-12)16-20-15(22-24-16)9-19-21-14-7-4-11(17)8-13(14)18/h2-8,21-22H,1H3. The van der Waals surface area contributed by atoms with Gasteiger partial charge in [-0.05, 0) is 42.5 Å². The van der Waals surface area contributed by atoms with Crippen LogP contribution >= 0.6 is 23.2 Å². The summed E-state index contributed by atoms with van der Waals surface area (Å²) in [6, 6.07) is 12.4. The third-order valence-electron chi connectivity index (χ3n) is 3.06. The molecule has 8 heteroatoms. The summed E-state index contributed by atoms with van der Waals surface area (Å²) in [5.41, 5.74) is 6.79. The molecule has 0 aromatic heterocycles. The van der Waals surface area contributed by atoms with E-state index >= 15 is 0 Å². The van der Waals surface area contributed by atoms with Crippen molar-refractivity contribution in [2.45, 2.75) is 0 Å². The Morgan fingerprint density at radius 1 is 1.21 bits per heavy atom. The number of rotatable bonds is 4. The highest BCUT2D eigenvalue weighted by Crippen LogP contribution is 2.25. The van der Waals surface area contributed by atoms with E-state index in [4.69, 9.17) is 32.8 Å². The van der Waals surface area contributed by atoms with Crippen LogP contribution < -0.4 is 15.6 Å². The molecule has 0 atom stereocenters. The van der Waals surface area contributed by atoms with Crippen LogP contribution in [0.3, 0.4) is 0 Å². The van der Waals surface area contributed by atoms with Gasteiger partial charge in [-0.25, -0.2) is 0 Å². The van der Waals surface area contributed by atoms with E-state index in [1.54, 1.807) is 25.3 Å². The number of hydrazone groups is 1. The molecule has 122 valence electrons. The molecule has 24 heavy (non-hydrogen) atoms. The van der Waals surface area contributed by atoms with Gasteiger partial charge < -0.3 is 9.57 Å². The lowest BCUT2D eigenvalue weighted by molar-refractivity contribution is 0.240. The first-order chi connectivity index (χ1) is 11.7. The van der Waals surface area contributed by atoms with E-state index in [1.165, 1.54) is 0 Å². The van der Waals surface area contributed by atoms with Gasteiger partial charge in [0.25, 0.3) is 5.90 Å². The fourth-order valence-corrected chi connectivity index (χ4v) is 2.32. The summed E-state index contributed by atoms with van der Waals surface area (Å²) in [7, 11) is 1.61. The number of methoxy groups -OCH3 is 1. The number of ether oxygens (including phenoxy) is 1. The van der Waals surface area contributed by atoms with Crippen molar-refractivity contribution >= 4 is 40.7 Å². The van der Waals surface area contributed by atoms with Crippen LogP contribution in [0.2, 0.25) is 10.0 Å². The first-order valence-electron chi connectivity index (χ1n) is 6.85. The molecular formula is C16H12Cl2N4O2. The van der Waals surface area contributed by atoms with E-state index in [2.05, 4.69) is 26.9 Å². The first kappa shape index (κ1) is 16.2. The summed E-state index contributed by atoms with van der Waals surface area (Å²) in [4.78, 5) is 9.54. The maximum atomic E-state index is 6.03. The fourth-order valence-electron chi connectivity index (χ4n) is 1.87. The van der Waals surface area contributed by atoms with Crippen LogP contribution in [-0.2, 0) is 4.84 Å². The maximum absolute atomic E-state index is 6.03. The SMILES string of the molecule is COc1ccc(C2=NC(=C=NNc3ccc(Cl)cc3Cl)NO2)cc1. The summed E-state index contributed by atoms with van der Waals surface area (Å²) in [5, 5.41) is 4.94. The monoisotopic (exact) mass is 362 g/mol. The largest absolute Gasteiger partial charge is 0.497 e. The van der Waals surface area contributed by atoms with E-state index in [0.717, 1.165) is 11.3 Å². The highest BCUT2D eigenvalue weighted by molar-refractivity contribution is 6.36. The normalized spacial score (nSPS) is 12.6. The summed E-state index contributed by atoms with van der Waals surface area (Å²) >= 11 is 11.9. The Labute approximate surface area is 148 Å². The summed E-state index contributed by atoms with van der Waals surface area (Å²) in [6.07, 6.45) is 0. The van der Waals surface area contributed by atoms with Crippen molar-refractivity contribution in [3.05, 3.63) is 63.9 Å². The number of anilines is 1. The topological polar surface area (TPSA) is 67.2 Å². The Hall–Kier alpha value is -2.66. The Kier molecular flexibility index (Phi) is 4.91. The third-order valence-corrected chi connectivity index (χ3v) is 3.61. The van der Waals surface area contributed by atoms with Gasteiger partial charge in [0.1, 0.15) is 5.75 Å². The second-order valence-electron chi connectivity index (χ2n) is 4.66. The average Bonchev–Trinajstić information content (AvgIpc) is 3.06. The van der Waals surface area contributed by atoms with Crippen molar-refractivity contribution in [1.29, 1.82) is 0 Å². The molecule has 0 unspecified atom stereocenters. The lowest BCUT2D eigenvalue weighted by Gasteiger charge is -2.02. The van der Waals surface area contributed by atoms with Gasteiger partial charge in [0.2, 0.25) is 5.82 Å². The Morgan fingerprint density at radius 3 is 2.71 bits per heavy atom. The minimum Gasteiger partial charge on any atom is -0.497 e. The quantitative estimate of drug-likeness (QED) is 0.640. The first-order valence-corrected chi connectivity index (χ1v) is 7.61. The molecule has 0 amide bonds. The zero-order valence-electron chi connectivity index (χ0n) is 12.5. The highest BCUT2D eigenvalue weighted by atomic mass is 35.5. The van der Waals surface area contributed by atoms with Crippen LogP contribution in [0.25, 0.3) is 0 Å². The molecule has 2 aromatic carbocycles. The van der Waals surface area contributed by atoms with Gasteiger partial charge in [-0.15, -0.1) is 5.10 Å². The number of aliphatic imine (C=N–C) groups is 1. The number of hydrogen-bond acceptors (Lipinski definition) is 6. The van der Waals surface area contributed by atoms with Gasteiger partial charge in [0.15, 0.2) is 0 Å². The third kappa shape index (κ3) is 3.81. The van der Waals surface area contributed by atoms with Gasteiger partial charge in [0, 0.05) is 10.6 Å². The predicted molar refractivity (Wildman–Crippen MR) is 94.8 cm³/mol. The second-order valence-corrected chi connectivity index (χ2v) is 5.50. The predicted octanol–water partition coefficient (Wildman–Crippen LogP) is 3.82. The molecule has 0 radical (unpaired) electrons. The lowest BCUT2D eigenvalue weighted by Crippen LogP contribution is -2.10. The van der Waals surface area contributed by atoms with E-state index < -0.39 is 0 Å². The maximum Gasteiger partial charge on any atom is 0.255 e. The van der Waals surface area contributed by atoms with Crippen molar-refractivity contribution in [1.82, 2.24) is 5.48 Å². The molecule has 0 aliphatic carbocycles. The molecular weight excluding hydrogens is 351 g/mol. The number of benzene rings is 2. The summed E-state index contributed by atoms with van der Waals surface area (Å²) in [5.74, 6) is 4.19. The van der Waals surface area contributed by atoms with Gasteiger partial charge >= 0.3 is 0 Å². The summed E-state index contributed by atoms with van der Waals surface area (Å²) < 4.78 is 5.11. The van der Waals surface area contributed by atoms with E-state index in [9.17, 15) is 0 Å². The van der Waals surface area contributed by atoms with E-state index in [1.807, 2.05) is 24.3 Å². The molecule has 1 heterocycles. The average molecular weight is 363 g/mol. The molecule has 0 bridgehead atoms. The number of nitrogens with zero attached hydrogens (tertiary/aromatic N) is 2. The Bertz CT molecular complexity index is 844. The Balaban J connectivity index is 1.72. The molecule has 2 N–H and O–H groups in total. The minimum atomic E-state index is 0.332. The zero-order chi connectivity index (χ0) is 16.9. The van der Waals surface area contributed by atoms with Crippen molar-refractivity contribution in [2.24, 2.45) is 10.1 Å². The molecule has 1 aliphatic rings. The van der Waals surface area contributed by atoms with Crippen LogP contribution in [0.5, 0.6) is 5.75 Å². The van der Waals surface area contributed by atoms with E-state index in [-0.39, 0.29) is 0 Å². The van der Waals surface area contributed by atoms with Crippen LogP contribution in [-0.4, -0.2) is 18.9 Å². The lowest BCUT2D eigenvalue weighted by atomic mass is 10.2. The molecule has 0 fully saturated rings.